The third-order valence-corrected chi connectivity index (χ3v) is 11.3. The average molecular weight is 871 g/mol. The number of allylic oxidation sites excluding steroid dienone is 7. The van der Waals surface area contributed by atoms with Crippen LogP contribution >= 0.6 is 7.82 Å². The van der Waals surface area contributed by atoms with Gasteiger partial charge in [0.2, 0.25) is 0 Å². The molecule has 7 atom stereocenters. The van der Waals surface area contributed by atoms with Crippen LogP contribution in [0.15, 0.2) is 48.6 Å². The number of ketones is 1. The summed E-state index contributed by atoms with van der Waals surface area (Å²) >= 11 is 0. The minimum atomic E-state index is -4.70. The predicted molar refractivity (Wildman–Crippen MR) is 234 cm³/mol. The molecule has 0 heterocycles. The quantitative estimate of drug-likeness (QED) is 0.0171. The van der Waals surface area contributed by atoms with E-state index in [2.05, 4.69) is 42.7 Å². The van der Waals surface area contributed by atoms with E-state index in [1.807, 2.05) is 12.2 Å². The number of carbonyl (C=O) groups is 3. The first-order chi connectivity index (χ1) is 28.9. The third kappa shape index (κ3) is 29.7. The van der Waals surface area contributed by atoms with Crippen molar-refractivity contribution >= 4 is 25.5 Å². The minimum Gasteiger partial charge on any atom is -0.462 e. The summed E-state index contributed by atoms with van der Waals surface area (Å²) in [6.45, 7) is 1.94. The molecule has 0 aliphatic heterocycles. The second kappa shape index (κ2) is 36.0. The first kappa shape index (κ1) is 55.5. The molecule has 13 nitrogen and oxygen atoms in total. The Morgan fingerprint density at radius 2 is 1.33 bits per heavy atom. The van der Waals surface area contributed by atoms with Crippen molar-refractivity contribution in [2.45, 2.75) is 186 Å². The summed E-state index contributed by atoms with van der Waals surface area (Å²) in [4.78, 5) is 47.7. The highest BCUT2D eigenvalue weighted by molar-refractivity contribution is 7.47. The van der Waals surface area contributed by atoms with Crippen LogP contribution in [0.3, 0.4) is 0 Å². The molecular weight excluding hydrogens is 791 g/mol. The molecule has 0 aromatic rings. The maximum Gasteiger partial charge on any atom is 0.472 e. The molecule has 0 radical (unpaired) electrons. The lowest BCUT2D eigenvalue weighted by Gasteiger charge is -2.20. The van der Waals surface area contributed by atoms with E-state index in [1.165, 1.54) is 38.5 Å². The van der Waals surface area contributed by atoms with Crippen molar-refractivity contribution in [3.05, 3.63) is 48.6 Å². The van der Waals surface area contributed by atoms with Gasteiger partial charge in [-0.1, -0.05) is 133 Å². The molecule has 0 amide bonds. The van der Waals surface area contributed by atoms with Crippen LogP contribution in [-0.4, -0.2) is 93.9 Å². The molecule has 1 saturated carbocycles. The normalized spacial score (nSPS) is 19.8. The molecule has 1 aliphatic rings. The lowest BCUT2D eigenvalue weighted by atomic mass is 9.88. The number of phosphoric acid groups is 1. The summed E-state index contributed by atoms with van der Waals surface area (Å²) in [6.07, 6.45) is 31.3. The number of unbranched alkanes of at least 4 members (excludes halogenated alkanes) is 12. The van der Waals surface area contributed by atoms with Gasteiger partial charge < -0.3 is 34.8 Å². The molecule has 1 fully saturated rings. The highest BCUT2D eigenvalue weighted by Gasteiger charge is 2.39. The van der Waals surface area contributed by atoms with Crippen molar-refractivity contribution in [1.29, 1.82) is 0 Å². The molecule has 60 heavy (non-hydrogen) atoms. The summed E-state index contributed by atoms with van der Waals surface area (Å²) in [5, 5.41) is 39.1. The summed E-state index contributed by atoms with van der Waals surface area (Å²) in [6, 6.07) is 0. The molecule has 14 heteroatoms. The Hall–Kier alpha value is -2.48. The number of hydrogen-bond acceptors (Lipinski definition) is 12. The number of ether oxygens (including phenoxy) is 2. The van der Waals surface area contributed by atoms with E-state index in [1.54, 1.807) is 12.2 Å². The zero-order chi connectivity index (χ0) is 44.3. The minimum absolute atomic E-state index is 0.0212. The van der Waals surface area contributed by atoms with Crippen molar-refractivity contribution in [3.8, 4) is 0 Å². The first-order valence-electron chi connectivity index (χ1n) is 22.7. The first-order valence-corrected chi connectivity index (χ1v) is 24.2. The Bertz CT molecular complexity index is 1300. The summed E-state index contributed by atoms with van der Waals surface area (Å²) in [5.74, 6) is -1.81. The molecule has 0 spiro atoms. The number of aliphatic hydroxyl groups is 4. The standard InChI is InChI=1S/C46H79O13P/c1-3-5-7-8-9-10-11-12-13-14-15-16-17-18-19-20-25-29-45(52)56-36-40(37-58-60(54,55)57-35-39(49)34-47)59-46(53)30-26-22-21-24-28-41-42(44(51)33-43(41)50)32-31-38(48)27-23-6-4-2/h12-13,15-16,18-19,31-32,38-43,47-50H,3-11,14,17,20-30,33-37H2,1-2H3,(H,54,55)/b13-12-,16-15-,19-18-,32-31+/t38-,39-,40+,41+,42+,43-/m0/s1. The molecular formula is C46H79O13P. The molecule has 0 bridgehead atoms. The highest BCUT2D eigenvalue weighted by Crippen LogP contribution is 2.43. The molecule has 346 valence electrons. The number of hydrogen-bond donors (Lipinski definition) is 5. The number of Topliss-reactive ketones (excluding diaryl/α,β-unsaturated/α-hetero) is 1. The van der Waals surface area contributed by atoms with Crippen molar-refractivity contribution in [2.24, 2.45) is 11.8 Å². The lowest BCUT2D eigenvalue weighted by Crippen LogP contribution is -2.29. The average Bonchev–Trinajstić information content (AvgIpc) is 3.49. The SMILES string of the molecule is CCCCCCCC/C=C\C/C=C\C/C=C\CCCC(=O)OC[C@H](COP(=O)(O)OC[C@@H](O)CO)OC(=O)CCCCCC[C@H]1[C@@H](O)CC(=O)[C@@H]1/C=C/[C@@H](O)CCCCC. The van der Waals surface area contributed by atoms with Crippen LogP contribution in [0.25, 0.3) is 0 Å². The van der Waals surface area contributed by atoms with Gasteiger partial charge in [0.15, 0.2) is 6.10 Å². The lowest BCUT2D eigenvalue weighted by molar-refractivity contribution is -0.161. The van der Waals surface area contributed by atoms with Crippen LogP contribution in [0.1, 0.15) is 162 Å². The van der Waals surface area contributed by atoms with Gasteiger partial charge in [-0.3, -0.25) is 23.4 Å². The van der Waals surface area contributed by atoms with Crippen LogP contribution in [0, 0.1) is 11.8 Å². The molecule has 5 N–H and O–H groups in total. The van der Waals surface area contributed by atoms with E-state index in [4.69, 9.17) is 19.1 Å². The van der Waals surface area contributed by atoms with E-state index in [0.717, 1.165) is 51.4 Å². The second-order valence-electron chi connectivity index (χ2n) is 15.9. The van der Waals surface area contributed by atoms with Crippen molar-refractivity contribution < 1.29 is 62.8 Å². The van der Waals surface area contributed by atoms with Crippen LogP contribution in [0.5, 0.6) is 0 Å². The fourth-order valence-electron chi connectivity index (χ4n) is 6.80. The Labute approximate surface area is 360 Å². The third-order valence-electron chi connectivity index (χ3n) is 10.4. The number of aliphatic hydroxyl groups excluding tert-OH is 4. The maximum atomic E-state index is 12.7. The van der Waals surface area contributed by atoms with Gasteiger partial charge in [-0.15, -0.1) is 0 Å². The van der Waals surface area contributed by atoms with Gasteiger partial charge >= 0.3 is 19.8 Å². The smallest absolute Gasteiger partial charge is 0.462 e. The fraction of sp³-hybridized carbons (Fsp3) is 0.761. The van der Waals surface area contributed by atoms with Crippen molar-refractivity contribution in [3.63, 3.8) is 0 Å². The second-order valence-corrected chi connectivity index (χ2v) is 17.3. The van der Waals surface area contributed by atoms with Gasteiger partial charge in [-0.25, -0.2) is 4.57 Å². The van der Waals surface area contributed by atoms with Gasteiger partial charge in [0.25, 0.3) is 0 Å². The summed E-state index contributed by atoms with van der Waals surface area (Å²) in [5.41, 5.74) is 0. The van der Waals surface area contributed by atoms with Gasteiger partial charge in [-0.05, 0) is 63.7 Å². The van der Waals surface area contributed by atoms with Crippen molar-refractivity contribution in [1.82, 2.24) is 0 Å². The number of carbonyl (C=O) groups excluding carboxylic acids is 3. The van der Waals surface area contributed by atoms with Gasteiger partial charge in [0.05, 0.1) is 32.0 Å². The van der Waals surface area contributed by atoms with Crippen LogP contribution < -0.4 is 0 Å². The largest absolute Gasteiger partial charge is 0.472 e. The van der Waals surface area contributed by atoms with Crippen molar-refractivity contribution in [2.75, 3.05) is 26.4 Å². The maximum absolute atomic E-state index is 12.7. The van der Waals surface area contributed by atoms with E-state index in [-0.39, 0.29) is 31.0 Å². The van der Waals surface area contributed by atoms with E-state index in [0.29, 0.717) is 38.5 Å². The Kier molecular flexibility index (Phi) is 33.4. The number of esters is 2. The van der Waals surface area contributed by atoms with E-state index < -0.39 is 76.5 Å². The Morgan fingerprint density at radius 1 is 0.750 bits per heavy atom. The summed E-state index contributed by atoms with van der Waals surface area (Å²) < 4.78 is 32.7. The molecule has 0 aromatic heterocycles. The van der Waals surface area contributed by atoms with Gasteiger partial charge in [-0.2, -0.15) is 0 Å². The number of rotatable bonds is 38. The topological polar surface area (TPSA) is 206 Å². The molecule has 1 aliphatic carbocycles. The predicted octanol–water partition coefficient (Wildman–Crippen LogP) is 8.70. The van der Waals surface area contributed by atoms with E-state index in [9.17, 15) is 39.2 Å². The summed E-state index contributed by atoms with van der Waals surface area (Å²) in [7, 11) is -4.70. The Balaban J connectivity index is 2.47. The number of phosphoric ester groups is 1. The van der Waals surface area contributed by atoms with Gasteiger partial charge in [0, 0.05) is 25.2 Å². The van der Waals surface area contributed by atoms with Crippen LogP contribution in [0.4, 0.5) is 0 Å². The molecule has 0 aromatic carbocycles. The highest BCUT2D eigenvalue weighted by atomic mass is 31.2. The molecule has 0 saturated heterocycles. The van der Waals surface area contributed by atoms with Crippen LogP contribution in [-0.2, 0) is 37.5 Å². The zero-order valence-electron chi connectivity index (χ0n) is 36.6. The van der Waals surface area contributed by atoms with E-state index >= 15 is 0 Å². The van der Waals surface area contributed by atoms with Crippen LogP contribution in [0.2, 0.25) is 0 Å². The van der Waals surface area contributed by atoms with Gasteiger partial charge in [0.1, 0.15) is 18.5 Å². The zero-order valence-corrected chi connectivity index (χ0v) is 37.5. The Morgan fingerprint density at radius 3 is 2.03 bits per heavy atom. The fourth-order valence-corrected chi connectivity index (χ4v) is 7.58. The molecule has 1 unspecified atom stereocenters. The molecule has 1 rings (SSSR count). The monoisotopic (exact) mass is 871 g/mol.